The van der Waals surface area contributed by atoms with E-state index in [1.807, 2.05) is 13.0 Å². The number of hydrogen-bond acceptors (Lipinski definition) is 3. The van der Waals surface area contributed by atoms with Crippen molar-refractivity contribution in [3.63, 3.8) is 0 Å². The summed E-state index contributed by atoms with van der Waals surface area (Å²) in [7, 11) is -3.46. The summed E-state index contributed by atoms with van der Waals surface area (Å²) < 4.78 is 26.8. The second-order valence-corrected chi connectivity index (χ2v) is 8.57. The molecule has 1 fully saturated rings. The van der Waals surface area contributed by atoms with Gasteiger partial charge in [0.25, 0.3) is 0 Å². The van der Waals surface area contributed by atoms with Crippen LogP contribution in [-0.4, -0.2) is 38.3 Å². The van der Waals surface area contributed by atoms with Gasteiger partial charge in [0.2, 0.25) is 15.9 Å². The van der Waals surface area contributed by atoms with E-state index in [1.165, 1.54) is 4.31 Å². The summed E-state index contributed by atoms with van der Waals surface area (Å²) >= 11 is 0. The molecule has 128 valence electrons. The summed E-state index contributed by atoms with van der Waals surface area (Å²) in [6.07, 6.45) is 1.16. The molecule has 0 bridgehead atoms. The maximum absolute atomic E-state index is 12.7. The molecule has 0 atom stereocenters. The number of piperidine rings is 1. The highest BCUT2D eigenvalue weighted by Gasteiger charge is 2.32. The number of carbonyl (C=O) groups excluding carboxylic acids is 1. The summed E-state index contributed by atoms with van der Waals surface area (Å²) in [6, 6.07) is 6.96. The van der Waals surface area contributed by atoms with Crippen molar-refractivity contribution in [2.45, 2.75) is 38.5 Å². The van der Waals surface area contributed by atoms with Crippen molar-refractivity contribution in [3.05, 3.63) is 29.8 Å². The van der Waals surface area contributed by atoms with Crippen molar-refractivity contribution >= 4 is 15.9 Å². The zero-order chi connectivity index (χ0) is 17.0. The normalized spacial score (nSPS) is 17.4. The Morgan fingerprint density at radius 2 is 1.96 bits per heavy atom. The molecule has 1 aromatic carbocycles. The number of amides is 1. The lowest BCUT2D eigenvalue weighted by atomic mass is 9.97. The molecule has 0 radical (unpaired) electrons. The topological polar surface area (TPSA) is 66.5 Å². The summed E-state index contributed by atoms with van der Waals surface area (Å²) in [5.41, 5.74) is 0.925. The van der Waals surface area contributed by atoms with E-state index in [1.54, 1.807) is 18.2 Å². The van der Waals surface area contributed by atoms with Crippen molar-refractivity contribution in [3.8, 4) is 0 Å². The number of benzene rings is 1. The molecule has 1 aromatic rings. The molecule has 1 amide bonds. The largest absolute Gasteiger partial charge is 0.356 e. The van der Waals surface area contributed by atoms with Crippen LogP contribution in [0.3, 0.4) is 0 Å². The third-order valence-corrected chi connectivity index (χ3v) is 6.03. The van der Waals surface area contributed by atoms with Gasteiger partial charge in [0.15, 0.2) is 0 Å². The van der Waals surface area contributed by atoms with Gasteiger partial charge in [-0.05, 0) is 43.4 Å². The Kier molecular flexibility index (Phi) is 5.81. The zero-order valence-electron chi connectivity index (χ0n) is 14.1. The average Bonchev–Trinajstić information content (AvgIpc) is 2.52. The lowest BCUT2D eigenvalue weighted by Crippen LogP contribution is -2.43. The first kappa shape index (κ1) is 17.9. The summed E-state index contributed by atoms with van der Waals surface area (Å²) in [6.45, 7) is 7.45. The highest BCUT2D eigenvalue weighted by molar-refractivity contribution is 7.89. The minimum absolute atomic E-state index is 0.0475. The van der Waals surface area contributed by atoms with E-state index in [4.69, 9.17) is 0 Å². The van der Waals surface area contributed by atoms with Gasteiger partial charge in [0.05, 0.1) is 4.90 Å². The van der Waals surface area contributed by atoms with E-state index >= 15 is 0 Å². The molecule has 1 saturated heterocycles. The molecule has 1 heterocycles. The molecular formula is C17H26N2O3S. The minimum atomic E-state index is -3.46. The third kappa shape index (κ3) is 4.54. The molecule has 2 rings (SSSR count). The molecule has 0 saturated carbocycles. The lowest BCUT2D eigenvalue weighted by molar-refractivity contribution is -0.126. The predicted molar refractivity (Wildman–Crippen MR) is 90.5 cm³/mol. The van der Waals surface area contributed by atoms with Crippen molar-refractivity contribution in [2.24, 2.45) is 11.8 Å². The van der Waals surface area contributed by atoms with Gasteiger partial charge in [0, 0.05) is 25.6 Å². The fraction of sp³-hybridized carbons (Fsp3) is 0.588. The first-order valence-corrected chi connectivity index (χ1v) is 9.59. The number of carbonyl (C=O) groups is 1. The average molecular weight is 338 g/mol. The van der Waals surface area contributed by atoms with Crippen LogP contribution < -0.4 is 5.32 Å². The fourth-order valence-corrected chi connectivity index (χ4v) is 4.31. The number of sulfonamides is 1. The van der Waals surface area contributed by atoms with Gasteiger partial charge >= 0.3 is 0 Å². The van der Waals surface area contributed by atoms with Crippen molar-refractivity contribution in [1.29, 1.82) is 0 Å². The monoisotopic (exact) mass is 338 g/mol. The predicted octanol–water partition coefficient (Wildman–Crippen LogP) is 2.17. The van der Waals surface area contributed by atoms with Crippen LogP contribution >= 0.6 is 0 Å². The molecule has 0 aliphatic carbocycles. The molecule has 0 aromatic heterocycles. The van der Waals surface area contributed by atoms with Gasteiger partial charge in [-0.1, -0.05) is 26.0 Å². The van der Waals surface area contributed by atoms with E-state index in [0.29, 0.717) is 43.3 Å². The van der Waals surface area contributed by atoms with Crippen LogP contribution in [0, 0.1) is 18.8 Å². The van der Waals surface area contributed by atoms with Crippen LogP contribution in [-0.2, 0) is 14.8 Å². The lowest BCUT2D eigenvalue weighted by Gasteiger charge is -2.30. The zero-order valence-corrected chi connectivity index (χ0v) is 14.9. The van der Waals surface area contributed by atoms with Gasteiger partial charge in [0.1, 0.15) is 0 Å². The Morgan fingerprint density at radius 1 is 1.30 bits per heavy atom. The van der Waals surface area contributed by atoms with Gasteiger partial charge in [-0.2, -0.15) is 4.31 Å². The summed E-state index contributed by atoms with van der Waals surface area (Å²) in [5.74, 6) is 0.379. The molecular weight excluding hydrogens is 312 g/mol. The highest BCUT2D eigenvalue weighted by Crippen LogP contribution is 2.24. The van der Waals surface area contributed by atoms with Crippen molar-refractivity contribution < 1.29 is 13.2 Å². The Hall–Kier alpha value is -1.40. The van der Waals surface area contributed by atoms with Crippen LogP contribution in [0.2, 0.25) is 0 Å². The number of nitrogens with one attached hydrogen (secondary N) is 1. The molecule has 0 spiro atoms. The van der Waals surface area contributed by atoms with Gasteiger partial charge in [-0.3, -0.25) is 4.79 Å². The van der Waals surface area contributed by atoms with Gasteiger partial charge in [-0.25, -0.2) is 8.42 Å². The minimum Gasteiger partial charge on any atom is -0.356 e. The summed E-state index contributed by atoms with van der Waals surface area (Å²) in [5, 5.41) is 2.94. The maximum Gasteiger partial charge on any atom is 0.243 e. The number of hydrogen-bond donors (Lipinski definition) is 1. The molecule has 6 heteroatoms. The maximum atomic E-state index is 12.7. The SMILES string of the molecule is Cc1cccc(S(=O)(=O)N2CCC(C(=O)NCC(C)C)CC2)c1. The highest BCUT2D eigenvalue weighted by atomic mass is 32.2. The smallest absolute Gasteiger partial charge is 0.243 e. The first-order valence-electron chi connectivity index (χ1n) is 8.15. The molecule has 1 aliphatic rings. The Labute approximate surface area is 139 Å². The molecule has 23 heavy (non-hydrogen) atoms. The number of rotatable bonds is 5. The van der Waals surface area contributed by atoms with E-state index in [0.717, 1.165) is 5.56 Å². The quantitative estimate of drug-likeness (QED) is 0.895. The van der Waals surface area contributed by atoms with Crippen molar-refractivity contribution in [2.75, 3.05) is 19.6 Å². The van der Waals surface area contributed by atoms with E-state index in [2.05, 4.69) is 19.2 Å². The Balaban J connectivity index is 1.97. The van der Waals surface area contributed by atoms with Crippen LogP contribution in [0.5, 0.6) is 0 Å². The standard InChI is InChI=1S/C17H26N2O3S/c1-13(2)12-18-17(20)15-7-9-19(10-8-15)23(21,22)16-6-4-5-14(3)11-16/h4-6,11,13,15H,7-10,12H2,1-3H3,(H,18,20). The van der Waals surface area contributed by atoms with Gasteiger partial charge in [-0.15, -0.1) is 0 Å². The van der Waals surface area contributed by atoms with Crippen molar-refractivity contribution in [1.82, 2.24) is 9.62 Å². The van der Waals surface area contributed by atoms with E-state index in [9.17, 15) is 13.2 Å². The first-order chi connectivity index (χ1) is 10.8. The van der Waals surface area contributed by atoms with Gasteiger partial charge < -0.3 is 5.32 Å². The Morgan fingerprint density at radius 3 is 2.52 bits per heavy atom. The van der Waals surface area contributed by atoms with Crippen LogP contribution in [0.1, 0.15) is 32.3 Å². The number of nitrogens with zero attached hydrogens (tertiary/aromatic N) is 1. The fourth-order valence-electron chi connectivity index (χ4n) is 2.73. The Bertz CT molecular complexity index is 648. The van der Waals surface area contributed by atoms with Crippen LogP contribution in [0.25, 0.3) is 0 Å². The van der Waals surface area contributed by atoms with E-state index < -0.39 is 10.0 Å². The molecule has 0 unspecified atom stereocenters. The van der Waals surface area contributed by atoms with Crippen LogP contribution in [0.15, 0.2) is 29.2 Å². The van der Waals surface area contributed by atoms with Crippen LogP contribution in [0.4, 0.5) is 0 Å². The molecule has 5 nitrogen and oxygen atoms in total. The molecule has 1 N–H and O–H groups in total. The second-order valence-electron chi connectivity index (χ2n) is 6.63. The third-order valence-electron chi connectivity index (χ3n) is 4.14. The number of aryl methyl sites for hydroxylation is 1. The van der Waals surface area contributed by atoms with E-state index in [-0.39, 0.29) is 11.8 Å². The second kappa shape index (κ2) is 7.45. The molecule has 1 aliphatic heterocycles. The summed E-state index contributed by atoms with van der Waals surface area (Å²) in [4.78, 5) is 12.4.